The van der Waals surface area contributed by atoms with Crippen molar-refractivity contribution >= 4 is 124 Å². The van der Waals surface area contributed by atoms with E-state index in [9.17, 15) is 33.6 Å². The number of nitrogens with zero attached hydrogens (tertiary/aromatic N) is 12. The number of carbonyl (C=O) groups excluding carboxylic acids is 3. The number of hydrogen-bond donors (Lipinski definition) is 4. The average molecular weight is 1490 g/mol. The second-order valence-electron chi connectivity index (χ2n) is 26.4. The zero-order valence-electron chi connectivity index (χ0n) is 60.9. The van der Waals surface area contributed by atoms with Gasteiger partial charge in [-0.15, -0.1) is 0 Å². The first-order valence-electron chi connectivity index (χ1n) is 34.8. The molecule has 6 heterocycles. The van der Waals surface area contributed by atoms with Gasteiger partial charge in [0.25, 0.3) is 17.7 Å². The predicted octanol–water partition coefficient (Wildman–Crippen LogP) is 10.7. The summed E-state index contributed by atoms with van der Waals surface area (Å²) in [6.07, 6.45) is 26.1. The van der Waals surface area contributed by atoms with Crippen molar-refractivity contribution in [1.29, 1.82) is 0 Å². The normalized spacial score (nSPS) is 14.5. The third kappa shape index (κ3) is 23.5. The zero-order valence-corrected chi connectivity index (χ0v) is 63.4. The molecule has 3 aliphatic rings. The highest BCUT2D eigenvalue weighted by atomic mass is 32.1. The van der Waals surface area contributed by atoms with E-state index in [1.54, 1.807) is 21.3 Å². The van der Waals surface area contributed by atoms with Crippen LogP contribution in [0.1, 0.15) is 142 Å². The van der Waals surface area contributed by atoms with Crippen molar-refractivity contribution in [2.75, 3.05) is 103 Å². The number of carboxylic acids is 4. The van der Waals surface area contributed by atoms with Crippen LogP contribution < -0.4 is 0 Å². The molecule has 3 fully saturated rings. The van der Waals surface area contributed by atoms with Crippen LogP contribution in [-0.2, 0) is 53.0 Å². The van der Waals surface area contributed by atoms with Crippen LogP contribution in [0, 0.1) is 0 Å². The molecule has 104 heavy (non-hydrogen) atoms. The molecule has 3 saturated carbocycles. The summed E-state index contributed by atoms with van der Waals surface area (Å²) in [5, 5.41) is 31.2. The summed E-state index contributed by atoms with van der Waals surface area (Å²) in [5.41, 5.74) is 9.80. The molecule has 27 nitrogen and oxygen atoms in total. The highest BCUT2D eigenvalue weighted by Gasteiger charge is 2.29. The number of likely N-dealkylation sites (N-methyl/N-ethyl adjacent to an activating group) is 3. The maximum Gasteiger partial charge on any atom is 0.328 e. The summed E-state index contributed by atoms with van der Waals surface area (Å²) in [7, 11) is 17.3. The van der Waals surface area contributed by atoms with Gasteiger partial charge < -0.3 is 54.8 Å². The Morgan fingerprint density at radius 2 is 0.654 bits per heavy atom. The largest absolute Gasteiger partial charge is 0.478 e. The second kappa shape index (κ2) is 40.6. The molecular weight excluding hydrogens is 1390 g/mol. The van der Waals surface area contributed by atoms with E-state index in [0.717, 1.165) is 160 Å². The molecule has 0 radical (unpaired) electrons. The summed E-state index contributed by atoms with van der Waals surface area (Å²) in [4.78, 5) is 109. The Morgan fingerprint density at radius 1 is 0.413 bits per heavy atom. The van der Waals surface area contributed by atoms with E-state index in [0.29, 0.717) is 42.4 Å². The van der Waals surface area contributed by atoms with Crippen LogP contribution >= 0.6 is 34.0 Å². The Kier molecular flexibility index (Phi) is 32.3. The monoisotopic (exact) mass is 1490 g/mol. The Morgan fingerprint density at radius 3 is 0.875 bits per heavy atom. The van der Waals surface area contributed by atoms with E-state index in [-0.39, 0.29) is 23.2 Å². The zero-order chi connectivity index (χ0) is 74.3. The molecular formula is C74H100N12O15S3. The van der Waals surface area contributed by atoms with E-state index in [2.05, 4.69) is 104 Å². The highest BCUT2D eigenvalue weighted by molar-refractivity contribution is 7.19. The minimum absolute atomic E-state index is 0. The van der Waals surface area contributed by atoms with Gasteiger partial charge in [-0.3, -0.25) is 42.3 Å². The molecule has 0 atom stereocenters. The molecule has 564 valence electrons. The predicted molar refractivity (Wildman–Crippen MR) is 406 cm³/mol. The van der Waals surface area contributed by atoms with Gasteiger partial charge in [0, 0.05) is 143 Å². The summed E-state index contributed by atoms with van der Waals surface area (Å²) < 4.78 is 21.7. The smallest absolute Gasteiger partial charge is 0.328 e. The summed E-state index contributed by atoms with van der Waals surface area (Å²) in [6, 6.07) is 20.3. The number of amides is 3. The van der Waals surface area contributed by atoms with Gasteiger partial charge in [0.15, 0.2) is 14.9 Å². The molecule has 3 aromatic carbocycles. The fourth-order valence-corrected chi connectivity index (χ4v) is 15.8. The number of rotatable bonds is 25. The molecule has 0 unspecified atom stereocenters. The van der Waals surface area contributed by atoms with Crippen molar-refractivity contribution in [3.05, 3.63) is 129 Å². The molecule has 0 saturated heterocycles. The Bertz CT molecular complexity index is 3940. The number of aliphatic carboxylic acids is 4. The Balaban J connectivity index is 0.000000196. The van der Waals surface area contributed by atoms with Crippen molar-refractivity contribution in [3.8, 4) is 0 Å². The Hall–Kier alpha value is -8.56. The van der Waals surface area contributed by atoms with Crippen LogP contribution in [0.2, 0.25) is 0 Å². The molecule has 30 heteroatoms. The third-order valence-corrected chi connectivity index (χ3v) is 21.5. The quantitative estimate of drug-likeness (QED) is 0.0386. The molecule has 0 aliphatic heterocycles. The SMILES string of the molecule is COCCN(C)Cc1ccc2nc3sc(C(=O)N(C)C4CCCCC4)cn3c2c1.COCCN(C)Cc1ccc2nc3sc(C(=O)N(C)C4CCCCC4)cn3c2c1.COCCN(C)Cc1ccc2nc3sc(C(=O)N(C)C4CCCCC4)cn3c2c1.O.O=C(O)/C=C/C(=O)O.O=C(O)/C=C/C(=O)O. The average Bonchev–Trinajstić information content (AvgIpc) is 1.63. The number of fused-ring (bicyclic) bond motifs is 9. The van der Waals surface area contributed by atoms with E-state index >= 15 is 0 Å². The molecule has 0 bridgehead atoms. The van der Waals surface area contributed by atoms with Crippen LogP contribution in [0.5, 0.6) is 0 Å². The van der Waals surface area contributed by atoms with Crippen LogP contribution in [0.15, 0.2) is 97.5 Å². The number of hydrogen-bond acceptors (Lipinski definition) is 19. The van der Waals surface area contributed by atoms with Crippen molar-refractivity contribution in [3.63, 3.8) is 0 Å². The first-order chi connectivity index (χ1) is 49.4. The maximum absolute atomic E-state index is 13.0. The molecule has 0 spiro atoms. The maximum atomic E-state index is 13.0. The summed E-state index contributed by atoms with van der Waals surface area (Å²) >= 11 is 4.46. The van der Waals surface area contributed by atoms with Gasteiger partial charge in [0.05, 0.1) is 52.9 Å². The third-order valence-electron chi connectivity index (χ3n) is 18.6. The Labute approximate surface area is 617 Å². The number of benzene rings is 3. The topological polar surface area (TPSA) is 331 Å². The van der Waals surface area contributed by atoms with Crippen LogP contribution in [0.3, 0.4) is 0 Å². The van der Waals surface area contributed by atoms with Crippen LogP contribution in [0.4, 0.5) is 0 Å². The number of carbonyl (C=O) groups is 7. The second-order valence-corrected chi connectivity index (χ2v) is 29.4. The van der Waals surface area contributed by atoms with E-state index in [4.69, 9.17) is 49.6 Å². The van der Waals surface area contributed by atoms with Gasteiger partial charge in [-0.1, -0.05) is 110 Å². The minimum Gasteiger partial charge on any atom is -0.478 e. The molecule has 6 N–H and O–H groups in total. The number of aromatic nitrogens is 6. The number of imidazole rings is 3. The standard InChI is InChI=1S/3C22H30N4O2S.2C4H4O4.H2O/c3*1-24(11-12-28-3)14-16-9-10-18-19(13-16)26-15-20(29-22(26)23-18)21(27)25(2)17-7-5-4-6-8-17;2*5-3(6)1-2-4(7)8;/h3*9-10,13,15,17H,4-8,11-12,14H2,1-3H3;2*1-2H,(H,5,6)(H,7,8);1H2/b;;;2*2-1+;. The molecule has 9 aromatic rings. The summed E-state index contributed by atoms with van der Waals surface area (Å²) in [6.45, 7) is 7.40. The highest BCUT2D eigenvalue weighted by Crippen LogP contribution is 2.32. The fourth-order valence-electron chi connectivity index (χ4n) is 12.9. The molecule has 3 aliphatic carbocycles. The van der Waals surface area contributed by atoms with Crippen LogP contribution in [-0.4, -0.2) is 246 Å². The van der Waals surface area contributed by atoms with E-state index < -0.39 is 23.9 Å². The molecule has 6 aromatic heterocycles. The van der Waals surface area contributed by atoms with Gasteiger partial charge in [-0.05, 0) is 113 Å². The number of methoxy groups -OCH3 is 3. The number of carboxylic acid groups (broad SMARTS) is 4. The van der Waals surface area contributed by atoms with E-state index in [1.807, 2.05) is 54.4 Å². The molecule has 12 rings (SSSR count). The minimum atomic E-state index is -1.26. The van der Waals surface area contributed by atoms with Gasteiger partial charge >= 0.3 is 23.9 Å². The summed E-state index contributed by atoms with van der Waals surface area (Å²) in [5.74, 6) is -4.66. The molecule has 3 amide bonds. The number of thiazole rings is 3. The first-order valence-corrected chi connectivity index (χ1v) is 37.2. The lowest BCUT2D eigenvalue weighted by molar-refractivity contribution is -0.134. The van der Waals surface area contributed by atoms with Crippen molar-refractivity contribution in [2.45, 2.75) is 134 Å². The first kappa shape index (κ1) is 82.7. The number of ether oxygens (including phenoxy) is 3. The van der Waals surface area contributed by atoms with Gasteiger partial charge in [-0.2, -0.15) is 0 Å². The lowest BCUT2D eigenvalue weighted by atomic mass is 9.94. The van der Waals surface area contributed by atoms with Gasteiger partial charge in [-0.25, -0.2) is 34.1 Å². The fraction of sp³-hybridized carbons (Fsp3) is 0.486. The van der Waals surface area contributed by atoms with Gasteiger partial charge in [0.2, 0.25) is 0 Å². The van der Waals surface area contributed by atoms with Crippen LogP contribution in [0.25, 0.3) is 48.0 Å². The van der Waals surface area contributed by atoms with Crippen molar-refractivity contribution in [1.82, 2.24) is 57.6 Å². The lowest BCUT2D eigenvalue weighted by Gasteiger charge is -2.30. The van der Waals surface area contributed by atoms with Crippen molar-refractivity contribution in [2.24, 2.45) is 0 Å². The van der Waals surface area contributed by atoms with E-state index in [1.165, 1.54) is 108 Å². The van der Waals surface area contributed by atoms with Gasteiger partial charge in [0.1, 0.15) is 14.6 Å². The van der Waals surface area contributed by atoms with Crippen molar-refractivity contribution < 1.29 is 73.7 Å². The lowest BCUT2D eigenvalue weighted by Crippen LogP contribution is -2.37.